The van der Waals surface area contributed by atoms with E-state index in [9.17, 15) is 0 Å². The van der Waals surface area contributed by atoms with Crippen LogP contribution in [-0.2, 0) is 0 Å². The molecule has 0 saturated heterocycles. The molecule has 0 atom stereocenters. The van der Waals surface area contributed by atoms with Crippen LogP contribution in [0.4, 0.5) is 5.95 Å². The second-order valence-electron chi connectivity index (χ2n) is 2.04. The second kappa shape index (κ2) is 3.55. The SMILES string of the molecule is N=C(N)CCNc1ncn[nH]1. The van der Waals surface area contributed by atoms with Gasteiger partial charge in [-0.2, -0.15) is 5.10 Å². The molecule has 11 heavy (non-hydrogen) atoms. The van der Waals surface area contributed by atoms with E-state index in [1.165, 1.54) is 6.33 Å². The maximum atomic E-state index is 6.91. The topological polar surface area (TPSA) is 103 Å². The fraction of sp³-hybridized carbons (Fsp3) is 0.400. The highest BCUT2D eigenvalue weighted by atomic mass is 15.3. The fourth-order valence-electron chi connectivity index (χ4n) is 0.606. The van der Waals surface area contributed by atoms with Crippen molar-refractivity contribution in [1.82, 2.24) is 15.2 Å². The van der Waals surface area contributed by atoms with Crippen LogP contribution in [0.1, 0.15) is 6.42 Å². The third kappa shape index (κ3) is 2.65. The molecule has 0 fully saturated rings. The summed E-state index contributed by atoms with van der Waals surface area (Å²) in [5, 5.41) is 16.1. The number of nitrogens with two attached hydrogens (primary N) is 1. The normalized spacial score (nSPS) is 9.45. The van der Waals surface area contributed by atoms with E-state index >= 15 is 0 Å². The van der Waals surface area contributed by atoms with Gasteiger partial charge in [-0.25, -0.2) is 10.1 Å². The Morgan fingerprint density at radius 2 is 2.64 bits per heavy atom. The van der Waals surface area contributed by atoms with Crippen LogP contribution in [0.2, 0.25) is 0 Å². The van der Waals surface area contributed by atoms with E-state index in [0.29, 0.717) is 18.9 Å². The van der Waals surface area contributed by atoms with Crippen molar-refractivity contribution < 1.29 is 0 Å². The largest absolute Gasteiger partial charge is 0.388 e. The number of amidine groups is 1. The monoisotopic (exact) mass is 154 g/mol. The van der Waals surface area contributed by atoms with Crippen LogP contribution in [0.3, 0.4) is 0 Å². The van der Waals surface area contributed by atoms with Gasteiger partial charge < -0.3 is 11.1 Å². The summed E-state index contributed by atoms with van der Waals surface area (Å²) in [5.41, 5.74) is 5.13. The molecule has 0 spiro atoms. The summed E-state index contributed by atoms with van der Waals surface area (Å²) in [7, 11) is 0. The minimum atomic E-state index is 0.164. The first-order valence-corrected chi connectivity index (χ1v) is 3.21. The van der Waals surface area contributed by atoms with Gasteiger partial charge in [-0.3, -0.25) is 5.41 Å². The Hall–Kier alpha value is -1.59. The molecule has 1 aromatic heterocycles. The van der Waals surface area contributed by atoms with Gasteiger partial charge in [0, 0.05) is 13.0 Å². The first-order chi connectivity index (χ1) is 5.29. The number of hydrogen-bond donors (Lipinski definition) is 4. The molecule has 1 rings (SSSR count). The van der Waals surface area contributed by atoms with E-state index in [0.717, 1.165) is 0 Å². The molecule has 0 bridgehead atoms. The standard InChI is InChI=1S/C5H10N6/c6-4(7)1-2-8-5-9-3-10-11-5/h3H,1-2H2,(H3,6,7)(H2,8,9,10,11). The number of aromatic nitrogens is 3. The minimum Gasteiger partial charge on any atom is -0.388 e. The lowest BCUT2D eigenvalue weighted by atomic mass is 10.4. The molecular weight excluding hydrogens is 144 g/mol. The molecule has 0 aliphatic rings. The van der Waals surface area contributed by atoms with Crippen LogP contribution in [0.25, 0.3) is 0 Å². The van der Waals surface area contributed by atoms with Gasteiger partial charge in [0.1, 0.15) is 6.33 Å². The van der Waals surface area contributed by atoms with Gasteiger partial charge in [-0.1, -0.05) is 0 Å². The summed E-state index contributed by atoms with van der Waals surface area (Å²) in [5.74, 6) is 0.767. The minimum absolute atomic E-state index is 0.164. The molecule has 1 heterocycles. The Kier molecular flexibility index (Phi) is 2.42. The van der Waals surface area contributed by atoms with Crippen LogP contribution in [-0.4, -0.2) is 27.6 Å². The van der Waals surface area contributed by atoms with Crippen LogP contribution in [0.5, 0.6) is 0 Å². The Morgan fingerprint density at radius 3 is 3.18 bits per heavy atom. The highest BCUT2D eigenvalue weighted by Crippen LogP contribution is 1.91. The summed E-state index contributed by atoms with van der Waals surface area (Å²) >= 11 is 0. The Labute approximate surface area is 63.7 Å². The molecule has 0 amide bonds. The average Bonchev–Trinajstić information content (AvgIpc) is 2.39. The van der Waals surface area contributed by atoms with Gasteiger partial charge in [-0.05, 0) is 0 Å². The molecule has 0 aliphatic carbocycles. The Morgan fingerprint density at radius 1 is 1.82 bits per heavy atom. The first-order valence-electron chi connectivity index (χ1n) is 3.21. The van der Waals surface area contributed by atoms with Crippen molar-refractivity contribution in [2.45, 2.75) is 6.42 Å². The number of hydrogen-bond acceptors (Lipinski definition) is 4. The van der Waals surface area contributed by atoms with Gasteiger partial charge in [0.05, 0.1) is 5.84 Å². The van der Waals surface area contributed by atoms with Crippen molar-refractivity contribution in [3.05, 3.63) is 6.33 Å². The lowest BCUT2D eigenvalue weighted by molar-refractivity contribution is 1.02. The lowest BCUT2D eigenvalue weighted by Gasteiger charge is -1.99. The van der Waals surface area contributed by atoms with E-state index in [-0.39, 0.29) is 5.84 Å². The molecule has 0 aliphatic heterocycles. The van der Waals surface area contributed by atoms with Crippen molar-refractivity contribution >= 4 is 11.8 Å². The van der Waals surface area contributed by atoms with Gasteiger partial charge in [-0.15, -0.1) is 0 Å². The van der Waals surface area contributed by atoms with Crippen LogP contribution >= 0.6 is 0 Å². The molecule has 1 aromatic rings. The maximum absolute atomic E-state index is 6.91. The van der Waals surface area contributed by atoms with Crippen molar-refractivity contribution in [2.24, 2.45) is 5.73 Å². The molecule has 60 valence electrons. The highest BCUT2D eigenvalue weighted by Gasteiger charge is 1.93. The zero-order chi connectivity index (χ0) is 8.10. The molecule has 0 radical (unpaired) electrons. The molecule has 6 heteroatoms. The number of H-pyrrole nitrogens is 1. The predicted octanol–water partition coefficient (Wildman–Crippen LogP) is -0.457. The van der Waals surface area contributed by atoms with Crippen LogP contribution in [0.15, 0.2) is 6.33 Å². The van der Waals surface area contributed by atoms with Crippen molar-refractivity contribution in [2.75, 3.05) is 11.9 Å². The zero-order valence-corrected chi connectivity index (χ0v) is 5.96. The van der Waals surface area contributed by atoms with E-state index in [1.807, 2.05) is 0 Å². The van der Waals surface area contributed by atoms with Gasteiger partial charge in [0.2, 0.25) is 5.95 Å². The molecule has 0 aromatic carbocycles. The van der Waals surface area contributed by atoms with Gasteiger partial charge in [0.15, 0.2) is 0 Å². The maximum Gasteiger partial charge on any atom is 0.218 e. The zero-order valence-electron chi connectivity index (χ0n) is 5.96. The van der Waals surface area contributed by atoms with E-state index in [2.05, 4.69) is 20.5 Å². The molecule has 0 saturated carbocycles. The molecule has 0 unspecified atom stereocenters. The second-order valence-corrected chi connectivity index (χ2v) is 2.04. The van der Waals surface area contributed by atoms with Crippen molar-refractivity contribution in [3.8, 4) is 0 Å². The lowest BCUT2D eigenvalue weighted by Crippen LogP contribution is -2.15. The van der Waals surface area contributed by atoms with Crippen LogP contribution < -0.4 is 11.1 Å². The highest BCUT2D eigenvalue weighted by molar-refractivity contribution is 5.77. The van der Waals surface area contributed by atoms with Gasteiger partial charge in [0.25, 0.3) is 0 Å². The Bertz CT molecular complexity index is 215. The van der Waals surface area contributed by atoms with Crippen molar-refractivity contribution in [3.63, 3.8) is 0 Å². The number of rotatable bonds is 4. The fourth-order valence-corrected chi connectivity index (χ4v) is 0.606. The molecule has 5 N–H and O–H groups in total. The number of aromatic amines is 1. The first kappa shape index (κ1) is 7.52. The summed E-state index contributed by atoms with van der Waals surface area (Å²) in [6, 6.07) is 0. The summed E-state index contributed by atoms with van der Waals surface area (Å²) in [6.07, 6.45) is 1.93. The molecular formula is C5H10N6. The van der Waals surface area contributed by atoms with Crippen LogP contribution in [0, 0.1) is 5.41 Å². The third-order valence-corrected chi connectivity index (χ3v) is 1.10. The van der Waals surface area contributed by atoms with E-state index < -0.39 is 0 Å². The summed E-state index contributed by atoms with van der Waals surface area (Å²) in [6.45, 7) is 0.602. The smallest absolute Gasteiger partial charge is 0.218 e. The molecule has 6 nitrogen and oxygen atoms in total. The summed E-state index contributed by atoms with van der Waals surface area (Å²) < 4.78 is 0. The van der Waals surface area contributed by atoms with E-state index in [4.69, 9.17) is 11.1 Å². The number of anilines is 1. The van der Waals surface area contributed by atoms with Gasteiger partial charge >= 0.3 is 0 Å². The van der Waals surface area contributed by atoms with Crippen molar-refractivity contribution in [1.29, 1.82) is 5.41 Å². The Balaban J connectivity index is 2.19. The summed E-state index contributed by atoms with van der Waals surface area (Å²) in [4.78, 5) is 3.82. The van der Waals surface area contributed by atoms with E-state index in [1.54, 1.807) is 0 Å². The quantitative estimate of drug-likeness (QED) is 0.348. The third-order valence-electron chi connectivity index (χ3n) is 1.10. The number of nitrogens with zero attached hydrogens (tertiary/aromatic N) is 2. The predicted molar refractivity (Wildman–Crippen MR) is 41.4 cm³/mol. The average molecular weight is 154 g/mol. The number of nitrogens with one attached hydrogen (secondary N) is 3.